The molecule has 0 bridgehead atoms. The Labute approximate surface area is 98.5 Å². The number of ether oxygens (including phenoxy) is 1. The molecule has 0 spiro atoms. The van der Waals surface area contributed by atoms with E-state index in [-0.39, 0.29) is 0 Å². The fourth-order valence-electron chi connectivity index (χ4n) is 1.32. The van der Waals surface area contributed by atoms with Gasteiger partial charge in [0.25, 0.3) is 0 Å². The zero-order valence-electron chi connectivity index (χ0n) is 9.25. The van der Waals surface area contributed by atoms with Crippen LogP contribution in [0.3, 0.4) is 0 Å². The number of pyridine rings is 2. The van der Waals surface area contributed by atoms with Crippen LogP contribution in [0.15, 0.2) is 42.9 Å². The van der Waals surface area contributed by atoms with Gasteiger partial charge < -0.3 is 10.1 Å². The molecular weight excluding hydrogens is 218 g/mol. The van der Waals surface area contributed by atoms with Crippen molar-refractivity contribution < 1.29 is 9.53 Å². The van der Waals surface area contributed by atoms with Crippen molar-refractivity contribution in [3.05, 3.63) is 48.4 Å². The molecule has 2 aromatic rings. The Bertz CT molecular complexity index is 514. The van der Waals surface area contributed by atoms with Crippen LogP contribution in [0.5, 0.6) is 0 Å². The van der Waals surface area contributed by atoms with Crippen molar-refractivity contribution in [3.8, 4) is 0 Å². The van der Waals surface area contributed by atoms with E-state index in [0.717, 1.165) is 0 Å². The molecule has 0 aliphatic rings. The minimum atomic E-state index is -0.415. The standard InChI is InChI=1S/C12H11N3O2/c1-17-12(16)9-6-10(8-13-7-9)15-11-4-2-3-5-14-11/h2-8H,1H3,(H,14,15). The second kappa shape index (κ2) is 5.07. The van der Waals surface area contributed by atoms with E-state index in [4.69, 9.17) is 0 Å². The first kappa shape index (κ1) is 11.1. The van der Waals surface area contributed by atoms with Crippen molar-refractivity contribution in [2.24, 2.45) is 0 Å². The molecule has 1 N–H and O–H groups in total. The van der Waals surface area contributed by atoms with E-state index in [0.29, 0.717) is 17.1 Å². The van der Waals surface area contributed by atoms with E-state index < -0.39 is 5.97 Å². The van der Waals surface area contributed by atoms with Crippen LogP contribution < -0.4 is 5.32 Å². The Morgan fingerprint density at radius 3 is 2.94 bits per heavy atom. The number of methoxy groups -OCH3 is 1. The van der Waals surface area contributed by atoms with Crippen LogP contribution in [0.25, 0.3) is 0 Å². The molecule has 0 aliphatic heterocycles. The van der Waals surface area contributed by atoms with Crippen molar-refractivity contribution >= 4 is 17.5 Å². The highest BCUT2D eigenvalue weighted by Crippen LogP contribution is 2.14. The topological polar surface area (TPSA) is 64.1 Å². The summed E-state index contributed by atoms with van der Waals surface area (Å²) in [6, 6.07) is 7.18. The van der Waals surface area contributed by atoms with Gasteiger partial charge in [0.2, 0.25) is 0 Å². The molecule has 0 radical (unpaired) electrons. The SMILES string of the molecule is COC(=O)c1cncc(Nc2ccccn2)c1. The van der Waals surface area contributed by atoms with Crippen molar-refractivity contribution in [2.75, 3.05) is 12.4 Å². The van der Waals surface area contributed by atoms with E-state index in [1.807, 2.05) is 18.2 Å². The van der Waals surface area contributed by atoms with Crippen LogP contribution in [0.2, 0.25) is 0 Å². The predicted molar refractivity (Wildman–Crippen MR) is 63.1 cm³/mol. The largest absolute Gasteiger partial charge is 0.465 e. The van der Waals surface area contributed by atoms with Crippen LogP contribution in [0, 0.1) is 0 Å². The highest BCUT2D eigenvalue weighted by Gasteiger charge is 2.06. The first-order valence-electron chi connectivity index (χ1n) is 5.01. The van der Waals surface area contributed by atoms with Gasteiger partial charge in [0.1, 0.15) is 5.82 Å². The summed E-state index contributed by atoms with van der Waals surface area (Å²) in [5, 5.41) is 3.04. The number of carbonyl (C=O) groups is 1. The fraction of sp³-hybridized carbons (Fsp3) is 0.0833. The Morgan fingerprint density at radius 1 is 1.35 bits per heavy atom. The van der Waals surface area contributed by atoms with Gasteiger partial charge in [-0.2, -0.15) is 0 Å². The third kappa shape index (κ3) is 2.78. The number of anilines is 2. The maximum Gasteiger partial charge on any atom is 0.339 e. The monoisotopic (exact) mass is 229 g/mol. The maximum absolute atomic E-state index is 11.3. The summed E-state index contributed by atoms with van der Waals surface area (Å²) in [7, 11) is 1.33. The Kier molecular flexibility index (Phi) is 3.30. The van der Waals surface area contributed by atoms with Crippen LogP contribution in [0.1, 0.15) is 10.4 Å². The Hall–Kier alpha value is -2.43. The first-order chi connectivity index (χ1) is 8.29. The van der Waals surface area contributed by atoms with Gasteiger partial charge in [-0.1, -0.05) is 6.07 Å². The minimum absolute atomic E-state index is 0.397. The number of rotatable bonds is 3. The average molecular weight is 229 g/mol. The second-order valence-corrected chi connectivity index (χ2v) is 3.29. The summed E-state index contributed by atoms with van der Waals surface area (Å²) in [6.07, 6.45) is 4.75. The molecule has 2 heterocycles. The Balaban J connectivity index is 2.20. The molecule has 86 valence electrons. The molecule has 0 aliphatic carbocycles. The lowest BCUT2D eigenvalue weighted by Crippen LogP contribution is -2.03. The lowest BCUT2D eigenvalue weighted by molar-refractivity contribution is 0.0600. The van der Waals surface area contributed by atoms with Gasteiger partial charge >= 0.3 is 5.97 Å². The summed E-state index contributed by atoms with van der Waals surface area (Å²) >= 11 is 0. The van der Waals surface area contributed by atoms with E-state index in [1.165, 1.54) is 13.3 Å². The highest BCUT2D eigenvalue weighted by atomic mass is 16.5. The summed E-state index contributed by atoms with van der Waals surface area (Å²) in [5.74, 6) is 0.276. The van der Waals surface area contributed by atoms with Crippen LogP contribution >= 0.6 is 0 Å². The number of hydrogen-bond donors (Lipinski definition) is 1. The number of esters is 1. The third-order valence-electron chi connectivity index (χ3n) is 2.10. The average Bonchev–Trinajstić information content (AvgIpc) is 2.39. The van der Waals surface area contributed by atoms with Crippen LogP contribution in [-0.4, -0.2) is 23.0 Å². The zero-order chi connectivity index (χ0) is 12.1. The lowest BCUT2D eigenvalue weighted by Gasteiger charge is -2.05. The molecule has 0 fully saturated rings. The summed E-state index contributed by atoms with van der Waals surface area (Å²) in [6.45, 7) is 0. The number of nitrogens with zero attached hydrogens (tertiary/aromatic N) is 2. The predicted octanol–water partition coefficient (Wildman–Crippen LogP) is 2.01. The molecule has 0 unspecified atom stereocenters. The van der Waals surface area contributed by atoms with Gasteiger partial charge in [-0.25, -0.2) is 9.78 Å². The first-order valence-corrected chi connectivity index (χ1v) is 5.01. The minimum Gasteiger partial charge on any atom is -0.465 e. The summed E-state index contributed by atoms with van der Waals surface area (Å²) < 4.78 is 4.62. The van der Waals surface area contributed by atoms with E-state index in [1.54, 1.807) is 18.5 Å². The lowest BCUT2D eigenvalue weighted by atomic mass is 10.2. The second-order valence-electron chi connectivity index (χ2n) is 3.29. The molecule has 17 heavy (non-hydrogen) atoms. The highest BCUT2D eigenvalue weighted by molar-refractivity contribution is 5.90. The van der Waals surface area contributed by atoms with Gasteiger partial charge in [-0.15, -0.1) is 0 Å². The smallest absolute Gasteiger partial charge is 0.339 e. The fourth-order valence-corrected chi connectivity index (χ4v) is 1.32. The van der Waals surface area contributed by atoms with E-state index >= 15 is 0 Å². The van der Waals surface area contributed by atoms with Gasteiger partial charge in [-0.3, -0.25) is 4.98 Å². The molecule has 0 saturated carbocycles. The van der Waals surface area contributed by atoms with Gasteiger partial charge in [0.15, 0.2) is 0 Å². The van der Waals surface area contributed by atoms with Crippen molar-refractivity contribution in [1.29, 1.82) is 0 Å². The third-order valence-corrected chi connectivity index (χ3v) is 2.10. The molecule has 0 atom stereocenters. The van der Waals surface area contributed by atoms with Gasteiger partial charge in [0, 0.05) is 12.4 Å². The van der Waals surface area contributed by atoms with Crippen LogP contribution in [-0.2, 0) is 4.74 Å². The molecule has 5 nitrogen and oxygen atoms in total. The molecule has 2 aromatic heterocycles. The van der Waals surface area contributed by atoms with Crippen molar-refractivity contribution in [3.63, 3.8) is 0 Å². The molecule has 5 heteroatoms. The number of hydrogen-bond acceptors (Lipinski definition) is 5. The van der Waals surface area contributed by atoms with Gasteiger partial charge in [0.05, 0.1) is 24.6 Å². The molecule has 2 rings (SSSR count). The maximum atomic E-state index is 11.3. The summed E-state index contributed by atoms with van der Waals surface area (Å²) in [5.41, 5.74) is 1.08. The molecule has 0 saturated heterocycles. The van der Waals surface area contributed by atoms with E-state index in [2.05, 4.69) is 20.0 Å². The van der Waals surface area contributed by atoms with E-state index in [9.17, 15) is 4.79 Å². The number of nitrogens with one attached hydrogen (secondary N) is 1. The molecule has 0 aromatic carbocycles. The molecular formula is C12H11N3O2. The van der Waals surface area contributed by atoms with Crippen molar-refractivity contribution in [2.45, 2.75) is 0 Å². The molecule has 0 amide bonds. The van der Waals surface area contributed by atoms with Gasteiger partial charge in [-0.05, 0) is 18.2 Å². The Morgan fingerprint density at radius 2 is 2.24 bits per heavy atom. The normalized spacial score (nSPS) is 9.71. The van der Waals surface area contributed by atoms with Crippen molar-refractivity contribution in [1.82, 2.24) is 9.97 Å². The quantitative estimate of drug-likeness (QED) is 0.815. The number of aromatic nitrogens is 2. The van der Waals surface area contributed by atoms with Crippen LogP contribution in [0.4, 0.5) is 11.5 Å². The summed E-state index contributed by atoms with van der Waals surface area (Å²) in [4.78, 5) is 19.4. The zero-order valence-corrected chi connectivity index (χ0v) is 9.25. The number of carbonyl (C=O) groups excluding carboxylic acids is 1.